The monoisotopic (exact) mass is 263 g/mol. The highest BCUT2D eigenvalue weighted by atomic mass is 32.2. The van der Waals surface area contributed by atoms with Crippen LogP contribution in [0.1, 0.15) is 33.1 Å². The lowest BCUT2D eigenvalue weighted by molar-refractivity contribution is 0.0983. The first-order valence-corrected chi connectivity index (χ1v) is 8.19. The highest BCUT2D eigenvalue weighted by Gasteiger charge is 2.31. The van der Waals surface area contributed by atoms with E-state index in [2.05, 4.69) is 19.2 Å². The normalized spacial score (nSPS) is 22.3. The topological polar surface area (TPSA) is 55.4 Å². The number of rotatable bonds is 6. The van der Waals surface area contributed by atoms with E-state index in [-0.39, 0.29) is 17.0 Å². The molecule has 0 aromatic carbocycles. The molecule has 0 amide bonds. The molecule has 0 radical (unpaired) electrons. The lowest BCUT2D eigenvalue weighted by Crippen LogP contribution is -2.42. The number of hydrogen-bond donors (Lipinski definition) is 1. The van der Waals surface area contributed by atoms with Gasteiger partial charge in [0, 0.05) is 19.3 Å². The first-order chi connectivity index (χ1) is 8.01. The summed E-state index contributed by atoms with van der Waals surface area (Å²) in [6.07, 6.45) is 2.30. The van der Waals surface area contributed by atoms with E-state index in [1.54, 1.807) is 0 Å². The summed E-state index contributed by atoms with van der Waals surface area (Å²) in [5.41, 5.74) is 0. The van der Waals surface area contributed by atoms with Crippen LogP contribution in [0.2, 0.25) is 0 Å². The minimum atomic E-state index is -2.99. The van der Waals surface area contributed by atoms with Crippen LogP contribution in [-0.4, -0.2) is 45.7 Å². The molecule has 0 saturated carbocycles. The molecule has 0 aromatic heterocycles. The number of nitrogens with one attached hydrogen (secondary N) is 1. The second-order valence-electron chi connectivity index (χ2n) is 4.92. The van der Waals surface area contributed by atoms with Crippen LogP contribution in [0.25, 0.3) is 0 Å². The van der Waals surface area contributed by atoms with Crippen molar-refractivity contribution < 1.29 is 13.2 Å². The average Bonchev–Trinajstić information content (AvgIpc) is 2.36. The third-order valence-electron chi connectivity index (χ3n) is 3.79. The second kappa shape index (κ2) is 6.71. The molecule has 0 bridgehead atoms. The lowest BCUT2D eigenvalue weighted by Gasteiger charge is -2.27. The maximum absolute atomic E-state index is 12.3. The van der Waals surface area contributed by atoms with Crippen LogP contribution in [0.5, 0.6) is 0 Å². The van der Waals surface area contributed by atoms with Crippen LogP contribution in [0.15, 0.2) is 0 Å². The molecule has 0 spiro atoms. The zero-order chi connectivity index (χ0) is 12.9. The van der Waals surface area contributed by atoms with Gasteiger partial charge in [0.2, 0.25) is 0 Å². The fourth-order valence-electron chi connectivity index (χ4n) is 2.24. The van der Waals surface area contributed by atoms with Crippen molar-refractivity contribution in [2.45, 2.75) is 44.4 Å². The molecule has 4 nitrogen and oxygen atoms in total. The van der Waals surface area contributed by atoms with Gasteiger partial charge in [0.15, 0.2) is 9.84 Å². The van der Waals surface area contributed by atoms with Gasteiger partial charge in [-0.05, 0) is 25.8 Å². The van der Waals surface area contributed by atoms with Crippen molar-refractivity contribution in [3.63, 3.8) is 0 Å². The van der Waals surface area contributed by atoms with Gasteiger partial charge in [-0.3, -0.25) is 0 Å². The van der Waals surface area contributed by atoms with E-state index in [1.165, 1.54) is 0 Å². The smallest absolute Gasteiger partial charge is 0.154 e. The van der Waals surface area contributed by atoms with E-state index < -0.39 is 9.84 Å². The highest BCUT2D eigenvalue weighted by molar-refractivity contribution is 7.92. The highest BCUT2D eigenvalue weighted by Crippen LogP contribution is 2.19. The Kier molecular flexibility index (Phi) is 5.89. The predicted molar refractivity (Wildman–Crippen MR) is 69.9 cm³/mol. The largest absolute Gasteiger partial charge is 0.381 e. The Labute approximate surface area is 105 Å². The van der Waals surface area contributed by atoms with Gasteiger partial charge in [-0.2, -0.15) is 0 Å². The molecular formula is C12H25NO3S. The Hall–Kier alpha value is -0.130. The van der Waals surface area contributed by atoms with E-state index in [4.69, 9.17) is 4.74 Å². The van der Waals surface area contributed by atoms with Crippen molar-refractivity contribution >= 4 is 9.84 Å². The number of sulfone groups is 1. The first-order valence-electron chi connectivity index (χ1n) is 6.47. The minimum Gasteiger partial charge on any atom is -0.381 e. The third kappa shape index (κ3) is 4.23. The molecule has 5 heteroatoms. The number of ether oxygens (including phenoxy) is 1. The zero-order valence-electron chi connectivity index (χ0n) is 11.1. The van der Waals surface area contributed by atoms with Crippen molar-refractivity contribution in [3.8, 4) is 0 Å². The molecule has 0 aliphatic carbocycles. The van der Waals surface area contributed by atoms with Crippen LogP contribution < -0.4 is 5.32 Å². The van der Waals surface area contributed by atoms with Gasteiger partial charge >= 0.3 is 0 Å². The summed E-state index contributed by atoms with van der Waals surface area (Å²) in [5.74, 6) is 0.637. The fourth-order valence-corrected chi connectivity index (χ4v) is 4.42. The van der Waals surface area contributed by atoms with Crippen molar-refractivity contribution in [3.05, 3.63) is 0 Å². The molecule has 1 rings (SSSR count). The fraction of sp³-hybridized carbons (Fsp3) is 1.00. The van der Waals surface area contributed by atoms with E-state index in [1.807, 2.05) is 7.05 Å². The third-order valence-corrected chi connectivity index (χ3v) is 6.10. The standard InChI is InChI=1S/C12H25NO3S/c1-4-10(2)12(13-3)9-17(14,15)11-5-7-16-8-6-11/h10-13H,4-9H2,1-3H3. The van der Waals surface area contributed by atoms with E-state index in [0.29, 0.717) is 32.0 Å². The van der Waals surface area contributed by atoms with Gasteiger partial charge in [0.05, 0.1) is 11.0 Å². The molecule has 1 N–H and O–H groups in total. The van der Waals surface area contributed by atoms with Crippen LogP contribution in [0.3, 0.4) is 0 Å². The maximum Gasteiger partial charge on any atom is 0.154 e. The van der Waals surface area contributed by atoms with Crippen molar-refractivity contribution in [1.82, 2.24) is 5.32 Å². The van der Waals surface area contributed by atoms with Crippen molar-refractivity contribution in [2.24, 2.45) is 5.92 Å². The Balaban J connectivity index is 2.63. The van der Waals surface area contributed by atoms with Crippen molar-refractivity contribution in [2.75, 3.05) is 26.0 Å². The van der Waals surface area contributed by atoms with Gasteiger partial charge in [0.1, 0.15) is 0 Å². The van der Waals surface area contributed by atoms with E-state index >= 15 is 0 Å². The maximum atomic E-state index is 12.3. The molecule has 102 valence electrons. The average molecular weight is 263 g/mol. The quantitative estimate of drug-likeness (QED) is 0.783. The molecule has 1 heterocycles. The SMILES string of the molecule is CCC(C)C(CS(=O)(=O)C1CCOCC1)NC. The van der Waals surface area contributed by atoms with Gasteiger partial charge in [-0.1, -0.05) is 20.3 Å². The Morgan fingerprint density at radius 1 is 1.35 bits per heavy atom. The van der Waals surface area contributed by atoms with Crippen LogP contribution in [0.4, 0.5) is 0 Å². The molecule has 1 aliphatic heterocycles. The molecule has 1 fully saturated rings. The minimum absolute atomic E-state index is 0.0628. The molecule has 17 heavy (non-hydrogen) atoms. The number of hydrogen-bond acceptors (Lipinski definition) is 4. The summed E-state index contributed by atoms with van der Waals surface area (Å²) in [6, 6.07) is 0.0628. The Morgan fingerprint density at radius 3 is 2.41 bits per heavy atom. The summed E-state index contributed by atoms with van der Waals surface area (Å²) in [7, 11) is -1.15. The van der Waals surface area contributed by atoms with Crippen LogP contribution in [0, 0.1) is 5.92 Å². The molecule has 0 aromatic rings. The van der Waals surface area contributed by atoms with Crippen LogP contribution >= 0.6 is 0 Å². The van der Waals surface area contributed by atoms with Crippen molar-refractivity contribution in [1.29, 1.82) is 0 Å². The lowest BCUT2D eigenvalue weighted by atomic mass is 10.0. The van der Waals surface area contributed by atoms with Gasteiger partial charge in [-0.25, -0.2) is 8.42 Å². The summed E-state index contributed by atoms with van der Waals surface area (Å²) in [6.45, 7) is 5.35. The molecule has 2 unspecified atom stereocenters. The second-order valence-corrected chi connectivity index (χ2v) is 7.25. The Bertz CT molecular complexity index is 310. The van der Waals surface area contributed by atoms with Gasteiger partial charge in [-0.15, -0.1) is 0 Å². The zero-order valence-corrected chi connectivity index (χ0v) is 11.9. The molecule has 1 saturated heterocycles. The Morgan fingerprint density at radius 2 is 1.94 bits per heavy atom. The van der Waals surface area contributed by atoms with Crippen LogP contribution in [-0.2, 0) is 14.6 Å². The first kappa shape index (κ1) is 14.9. The summed E-state index contributed by atoms with van der Waals surface area (Å²) in [5, 5.41) is 2.94. The van der Waals surface area contributed by atoms with E-state index in [0.717, 1.165) is 6.42 Å². The summed E-state index contributed by atoms with van der Waals surface area (Å²) in [4.78, 5) is 0. The summed E-state index contributed by atoms with van der Waals surface area (Å²) >= 11 is 0. The summed E-state index contributed by atoms with van der Waals surface area (Å²) < 4.78 is 29.8. The van der Waals surface area contributed by atoms with Gasteiger partial charge < -0.3 is 10.1 Å². The molecule has 1 aliphatic rings. The molecular weight excluding hydrogens is 238 g/mol. The molecule has 2 atom stereocenters. The predicted octanol–water partition coefficient (Wildman–Crippen LogP) is 1.21. The van der Waals surface area contributed by atoms with Gasteiger partial charge in [0.25, 0.3) is 0 Å². The van der Waals surface area contributed by atoms with E-state index in [9.17, 15) is 8.42 Å².